The van der Waals surface area contributed by atoms with E-state index in [9.17, 15) is 4.79 Å². The third-order valence-corrected chi connectivity index (χ3v) is 4.48. The number of aromatic nitrogens is 2. The molecule has 6 nitrogen and oxygen atoms in total. The molecule has 0 saturated carbocycles. The van der Waals surface area contributed by atoms with Crippen LogP contribution in [-0.2, 0) is 6.54 Å². The average Bonchev–Trinajstić information content (AvgIpc) is 3.09. The highest BCUT2D eigenvalue weighted by atomic mass is 16.2. The van der Waals surface area contributed by atoms with Crippen molar-refractivity contribution in [3.05, 3.63) is 48.3 Å². The fourth-order valence-corrected chi connectivity index (χ4v) is 3.01. The number of benzene rings is 1. The molecule has 6 heteroatoms. The summed E-state index contributed by atoms with van der Waals surface area (Å²) in [5, 5.41) is 13.5. The number of nitrogens with zero attached hydrogens (tertiary/aromatic N) is 2. The molecule has 1 aromatic heterocycles. The smallest absolute Gasteiger partial charge is 0.319 e. The first-order valence-electron chi connectivity index (χ1n) is 8.45. The summed E-state index contributed by atoms with van der Waals surface area (Å²) in [4.78, 5) is 12.1. The molecular weight excluding hydrogens is 302 g/mol. The Balaban J connectivity index is 1.47. The van der Waals surface area contributed by atoms with Gasteiger partial charge in [0.1, 0.15) is 0 Å². The van der Waals surface area contributed by atoms with E-state index in [1.165, 1.54) is 0 Å². The fraction of sp³-hybridized carbons (Fsp3) is 0.444. The third kappa shape index (κ3) is 4.58. The maximum absolute atomic E-state index is 12.1. The van der Waals surface area contributed by atoms with Crippen LogP contribution in [-0.4, -0.2) is 35.4 Å². The molecule has 0 radical (unpaired) electrons. The van der Waals surface area contributed by atoms with E-state index in [0.29, 0.717) is 6.54 Å². The Morgan fingerprint density at radius 3 is 2.88 bits per heavy atom. The molecule has 0 spiro atoms. The summed E-state index contributed by atoms with van der Waals surface area (Å²) >= 11 is 0. The molecule has 1 saturated heterocycles. The number of amides is 2. The van der Waals surface area contributed by atoms with Crippen molar-refractivity contribution in [3.63, 3.8) is 0 Å². The summed E-state index contributed by atoms with van der Waals surface area (Å²) in [6, 6.07) is 9.60. The summed E-state index contributed by atoms with van der Waals surface area (Å²) in [5.74, 6) is 0. The normalized spacial score (nSPS) is 20.5. The molecule has 2 aromatic rings. The molecule has 1 aliphatic heterocycles. The van der Waals surface area contributed by atoms with Crippen LogP contribution >= 0.6 is 0 Å². The number of carbonyl (C=O) groups excluding carboxylic acids is 1. The maximum atomic E-state index is 12.1. The quantitative estimate of drug-likeness (QED) is 0.790. The molecule has 1 atom stereocenters. The van der Waals surface area contributed by atoms with Gasteiger partial charge in [0.15, 0.2) is 0 Å². The predicted octanol–water partition coefficient (Wildman–Crippen LogP) is 2.44. The number of hydrogen-bond acceptors (Lipinski definition) is 3. The number of carbonyl (C=O) groups is 1. The Labute approximate surface area is 142 Å². The van der Waals surface area contributed by atoms with Crippen molar-refractivity contribution in [2.24, 2.45) is 5.41 Å². The molecular formula is C18H25N5O. The molecule has 1 unspecified atom stereocenters. The molecule has 0 bridgehead atoms. The SMILES string of the molecule is CC1(CNC(=O)Nc2ccc(Cn3cccn3)cc2)CCCNC1. The van der Waals surface area contributed by atoms with Gasteiger partial charge in [-0.15, -0.1) is 0 Å². The van der Waals surface area contributed by atoms with Crippen LogP contribution in [0.3, 0.4) is 0 Å². The first kappa shape index (κ1) is 16.5. The van der Waals surface area contributed by atoms with Crippen LogP contribution in [0.1, 0.15) is 25.3 Å². The number of piperidine rings is 1. The Morgan fingerprint density at radius 2 is 2.21 bits per heavy atom. The zero-order chi connectivity index (χ0) is 16.8. The lowest BCUT2D eigenvalue weighted by atomic mass is 9.83. The van der Waals surface area contributed by atoms with Crippen LogP contribution in [0.5, 0.6) is 0 Å². The van der Waals surface area contributed by atoms with Gasteiger partial charge in [-0.2, -0.15) is 5.10 Å². The minimum Gasteiger partial charge on any atom is -0.337 e. The van der Waals surface area contributed by atoms with Crippen LogP contribution < -0.4 is 16.0 Å². The minimum atomic E-state index is -0.151. The Bertz CT molecular complexity index is 645. The van der Waals surface area contributed by atoms with E-state index in [0.717, 1.165) is 43.7 Å². The third-order valence-electron chi connectivity index (χ3n) is 4.48. The van der Waals surface area contributed by atoms with Crippen LogP contribution in [0, 0.1) is 5.41 Å². The van der Waals surface area contributed by atoms with Crippen molar-refractivity contribution < 1.29 is 4.79 Å². The second-order valence-corrected chi connectivity index (χ2v) is 6.80. The van der Waals surface area contributed by atoms with E-state index in [2.05, 4.69) is 28.0 Å². The van der Waals surface area contributed by atoms with E-state index in [1.54, 1.807) is 6.20 Å². The van der Waals surface area contributed by atoms with Crippen LogP contribution in [0.2, 0.25) is 0 Å². The molecule has 1 aromatic carbocycles. The molecule has 1 fully saturated rings. The van der Waals surface area contributed by atoms with Crippen LogP contribution in [0.4, 0.5) is 10.5 Å². The van der Waals surface area contributed by atoms with Gasteiger partial charge in [-0.1, -0.05) is 19.1 Å². The lowest BCUT2D eigenvalue weighted by molar-refractivity contribution is 0.217. The van der Waals surface area contributed by atoms with E-state index < -0.39 is 0 Å². The van der Waals surface area contributed by atoms with Crippen molar-refractivity contribution in [2.75, 3.05) is 25.0 Å². The van der Waals surface area contributed by atoms with Gasteiger partial charge < -0.3 is 16.0 Å². The minimum absolute atomic E-state index is 0.142. The van der Waals surface area contributed by atoms with Crippen molar-refractivity contribution in [1.82, 2.24) is 20.4 Å². The van der Waals surface area contributed by atoms with E-state index in [1.807, 2.05) is 41.2 Å². The summed E-state index contributed by atoms with van der Waals surface area (Å²) < 4.78 is 1.87. The lowest BCUT2D eigenvalue weighted by Crippen LogP contribution is -2.46. The van der Waals surface area contributed by atoms with Crippen molar-refractivity contribution >= 4 is 11.7 Å². The highest BCUT2D eigenvalue weighted by molar-refractivity contribution is 5.89. The van der Waals surface area contributed by atoms with E-state index in [4.69, 9.17) is 0 Å². The molecule has 3 rings (SSSR count). The summed E-state index contributed by atoms with van der Waals surface area (Å²) in [6.07, 6.45) is 6.00. The molecule has 24 heavy (non-hydrogen) atoms. The van der Waals surface area contributed by atoms with Gasteiger partial charge in [-0.25, -0.2) is 4.79 Å². The maximum Gasteiger partial charge on any atom is 0.319 e. The number of urea groups is 1. The number of rotatable bonds is 5. The number of nitrogens with one attached hydrogen (secondary N) is 3. The first-order chi connectivity index (χ1) is 11.6. The summed E-state index contributed by atoms with van der Waals surface area (Å²) in [5.41, 5.74) is 2.08. The van der Waals surface area contributed by atoms with Gasteiger partial charge in [0.2, 0.25) is 0 Å². The second kappa shape index (κ2) is 7.49. The van der Waals surface area contributed by atoms with E-state index >= 15 is 0 Å². The topological polar surface area (TPSA) is 71.0 Å². The Kier molecular flexibility index (Phi) is 5.15. The molecule has 0 aliphatic carbocycles. The zero-order valence-corrected chi connectivity index (χ0v) is 14.1. The second-order valence-electron chi connectivity index (χ2n) is 6.80. The van der Waals surface area contributed by atoms with Crippen LogP contribution in [0.25, 0.3) is 0 Å². The molecule has 2 amide bonds. The number of hydrogen-bond donors (Lipinski definition) is 3. The monoisotopic (exact) mass is 327 g/mol. The van der Waals surface area contributed by atoms with E-state index in [-0.39, 0.29) is 11.4 Å². The van der Waals surface area contributed by atoms with Crippen molar-refractivity contribution in [2.45, 2.75) is 26.3 Å². The molecule has 2 heterocycles. The predicted molar refractivity (Wildman–Crippen MR) is 95.0 cm³/mol. The van der Waals surface area contributed by atoms with Gasteiger partial charge in [0, 0.05) is 31.2 Å². The average molecular weight is 327 g/mol. The van der Waals surface area contributed by atoms with Crippen molar-refractivity contribution in [3.8, 4) is 0 Å². The van der Waals surface area contributed by atoms with Gasteiger partial charge in [-0.3, -0.25) is 4.68 Å². The molecule has 3 N–H and O–H groups in total. The fourth-order valence-electron chi connectivity index (χ4n) is 3.01. The Morgan fingerprint density at radius 1 is 1.38 bits per heavy atom. The van der Waals surface area contributed by atoms with Gasteiger partial charge in [0.25, 0.3) is 0 Å². The largest absolute Gasteiger partial charge is 0.337 e. The first-order valence-corrected chi connectivity index (χ1v) is 8.45. The standard InChI is InChI=1S/C18H25N5O/c1-18(8-2-9-19-13-18)14-20-17(24)22-16-6-4-15(5-7-16)12-23-11-3-10-21-23/h3-7,10-11,19H,2,8-9,12-14H2,1H3,(H2,20,22,24). The van der Waals surface area contributed by atoms with Gasteiger partial charge in [-0.05, 0) is 48.6 Å². The number of anilines is 1. The zero-order valence-electron chi connectivity index (χ0n) is 14.1. The Hall–Kier alpha value is -2.34. The molecule has 128 valence electrons. The highest BCUT2D eigenvalue weighted by Crippen LogP contribution is 2.24. The van der Waals surface area contributed by atoms with Crippen molar-refractivity contribution in [1.29, 1.82) is 0 Å². The van der Waals surface area contributed by atoms with Gasteiger partial charge >= 0.3 is 6.03 Å². The summed E-state index contributed by atoms with van der Waals surface area (Å²) in [7, 11) is 0. The highest BCUT2D eigenvalue weighted by Gasteiger charge is 2.26. The van der Waals surface area contributed by atoms with Crippen LogP contribution in [0.15, 0.2) is 42.7 Å². The lowest BCUT2D eigenvalue weighted by Gasteiger charge is -2.34. The molecule has 1 aliphatic rings. The van der Waals surface area contributed by atoms with Gasteiger partial charge in [0.05, 0.1) is 6.54 Å². The summed E-state index contributed by atoms with van der Waals surface area (Å²) in [6.45, 7) is 5.65.